The number of rotatable bonds is 7. The first-order chi connectivity index (χ1) is 9.43. The van der Waals surface area contributed by atoms with Crippen LogP contribution in [-0.2, 0) is 9.59 Å². The van der Waals surface area contributed by atoms with Crippen molar-refractivity contribution >= 4 is 17.6 Å². The average Bonchev–Trinajstić information content (AvgIpc) is 2.43. The molecular weight excluding hydrogens is 263 g/mol. The second-order valence-corrected chi connectivity index (χ2v) is 4.37. The summed E-state index contributed by atoms with van der Waals surface area (Å²) in [6.45, 7) is 1.72. The van der Waals surface area contributed by atoms with Gasteiger partial charge in [-0.3, -0.25) is 14.4 Å². The monoisotopic (exact) mass is 280 g/mol. The van der Waals surface area contributed by atoms with E-state index in [1.807, 2.05) is 0 Å². The number of amides is 2. The number of ketones is 1. The summed E-state index contributed by atoms with van der Waals surface area (Å²) in [6.07, 6.45) is 0.708. The van der Waals surface area contributed by atoms with Gasteiger partial charge in [0, 0.05) is 18.4 Å². The number of nitrogens with two attached hydrogens (primary N) is 1. The van der Waals surface area contributed by atoms with Gasteiger partial charge in [-0.05, 0) is 30.7 Å². The lowest BCUT2D eigenvalue weighted by Crippen LogP contribution is -2.44. The summed E-state index contributed by atoms with van der Waals surface area (Å²) in [6, 6.07) is 3.99. The SMILES string of the molecule is CCC(=O)CC[C@@H](NC(=O)c1ccc(F)cc1)C(N)=O. The highest BCUT2D eigenvalue weighted by atomic mass is 19.1. The van der Waals surface area contributed by atoms with Gasteiger partial charge < -0.3 is 11.1 Å². The molecule has 1 rings (SSSR count). The molecule has 0 bridgehead atoms. The third kappa shape index (κ3) is 4.79. The molecule has 0 fully saturated rings. The van der Waals surface area contributed by atoms with Crippen molar-refractivity contribution < 1.29 is 18.8 Å². The van der Waals surface area contributed by atoms with Crippen molar-refractivity contribution in [2.24, 2.45) is 5.73 Å². The Bertz CT molecular complexity index is 500. The lowest BCUT2D eigenvalue weighted by molar-refractivity contribution is -0.121. The molecule has 6 heteroatoms. The normalized spacial score (nSPS) is 11.7. The van der Waals surface area contributed by atoms with Gasteiger partial charge in [0.05, 0.1) is 0 Å². The molecule has 0 radical (unpaired) electrons. The number of benzene rings is 1. The molecule has 0 saturated carbocycles. The van der Waals surface area contributed by atoms with Gasteiger partial charge in [0.2, 0.25) is 5.91 Å². The number of carbonyl (C=O) groups excluding carboxylic acids is 3. The molecule has 0 aromatic heterocycles. The second-order valence-electron chi connectivity index (χ2n) is 4.37. The number of halogens is 1. The zero-order chi connectivity index (χ0) is 15.1. The minimum absolute atomic E-state index is 0.00715. The van der Waals surface area contributed by atoms with Gasteiger partial charge in [0.25, 0.3) is 5.91 Å². The fraction of sp³-hybridized carbons (Fsp3) is 0.357. The van der Waals surface area contributed by atoms with Gasteiger partial charge >= 0.3 is 0 Å². The van der Waals surface area contributed by atoms with Crippen molar-refractivity contribution in [1.29, 1.82) is 0 Å². The van der Waals surface area contributed by atoms with E-state index in [0.717, 1.165) is 12.1 Å². The van der Waals surface area contributed by atoms with Crippen molar-refractivity contribution in [2.45, 2.75) is 32.2 Å². The van der Waals surface area contributed by atoms with Crippen LogP contribution in [0.2, 0.25) is 0 Å². The molecular formula is C14H17FN2O3. The average molecular weight is 280 g/mol. The summed E-state index contributed by atoms with van der Waals surface area (Å²) in [5.74, 6) is -1.70. The van der Waals surface area contributed by atoms with E-state index in [2.05, 4.69) is 5.32 Å². The molecule has 108 valence electrons. The van der Waals surface area contributed by atoms with E-state index in [-0.39, 0.29) is 24.2 Å². The predicted molar refractivity (Wildman–Crippen MR) is 71.4 cm³/mol. The van der Waals surface area contributed by atoms with E-state index in [4.69, 9.17) is 5.73 Å². The van der Waals surface area contributed by atoms with Gasteiger partial charge in [0.1, 0.15) is 17.6 Å². The van der Waals surface area contributed by atoms with Crippen molar-refractivity contribution in [3.05, 3.63) is 35.6 Å². The molecule has 0 heterocycles. The largest absolute Gasteiger partial charge is 0.368 e. The molecule has 0 aliphatic rings. The summed E-state index contributed by atoms with van der Waals surface area (Å²) in [4.78, 5) is 34.3. The van der Waals surface area contributed by atoms with E-state index < -0.39 is 23.7 Å². The summed E-state index contributed by atoms with van der Waals surface area (Å²) in [5, 5.41) is 2.44. The third-order valence-corrected chi connectivity index (χ3v) is 2.86. The predicted octanol–water partition coefficient (Wildman–Crippen LogP) is 1.17. The Morgan fingerprint density at radius 2 is 1.85 bits per heavy atom. The van der Waals surface area contributed by atoms with Crippen molar-refractivity contribution in [3.8, 4) is 0 Å². The highest BCUT2D eigenvalue weighted by molar-refractivity contribution is 5.97. The maximum absolute atomic E-state index is 12.7. The smallest absolute Gasteiger partial charge is 0.251 e. The Balaban J connectivity index is 2.65. The van der Waals surface area contributed by atoms with Crippen molar-refractivity contribution in [2.75, 3.05) is 0 Å². The van der Waals surface area contributed by atoms with E-state index in [9.17, 15) is 18.8 Å². The molecule has 1 atom stereocenters. The van der Waals surface area contributed by atoms with Crippen LogP contribution in [0.25, 0.3) is 0 Å². The molecule has 5 nitrogen and oxygen atoms in total. The fourth-order valence-electron chi connectivity index (χ4n) is 1.61. The van der Waals surface area contributed by atoms with Crippen LogP contribution in [0.5, 0.6) is 0 Å². The van der Waals surface area contributed by atoms with E-state index in [1.165, 1.54) is 12.1 Å². The number of Topliss-reactive ketones (excluding diaryl/α,β-unsaturated/α-hetero) is 1. The maximum Gasteiger partial charge on any atom is 0.251 e. The molecule has 3 N–H and O–H groups in total. The summed E-state index contributed by atoms with van der Waals surface area (Å²) < 4.78 is 12.7. The van der Waals surface area contributed by atoms with Crippen LogP contribution in [0, 0.1) is 5.82 Å². The Morgan fingerprint density at radius 3 is 2.35 bits per heavy atom. The van der Waals surface area contributed by atoms with Crippen LogP contribution >= 0.6 is 0 Å². The minimum atomic E-state index is -0.914. The first-order valence-electron chi connectivity index (χ1n) is 6.31. The maximum atomic E-state index is 12.7. The van der Waals surface area contributed by atoms with E-state index in [1.54, 1.807) is 6.92 Å². The van der Waals surface area contributed by atoms with Crippen LogP contribution in [0.3, 0.4) is 0 Å². The lowest BCUT2D eigenvalue weighted by atomic mass is 10.1. The van der Waals surface area contributed by atoms with E-state index >= 15 is 0 Å². The van der Waals surface area contributed by atoms with Gasteiger partial charge in [-0.2, -0.15) is 0 Å². The van der Waals surface area contributed by atoms with Gasteiger partial charge in [-0.25, -0.2) is 4.39 Å². The van der Waals surface area contributed by atoms with Gasteiger partial charge in [-0.1, -0.05) is 6.92 Å². The third-order valence-electron chi connectivity index (χ3n) is 2.86. The quantitative estimate of drug-likeness (QED) is 0.785. The fourth-order valence-corrected chi connectivity index (χ4v) is 1.61. The topological polar surface area (TPSA) is 89.3 Å². The molecule has 1 aromatic carbocycles. The number of nitrogens with one attached hydrogen (secondary N) is 1. The number of primary amides is 1. The minimum Gasteiger partial charge on any atom is -0.368 e. The van der Waals surface area contributed by atoms with Crippen LogP contribution in [0.15, 0.2) is 24.3 Å². The molecule has 0 aliphatic heterocycles. The lowest BCUT2D eigenvalue weighted by Gasteiger charge is -2.15. The van der Waals surface area contributed by atoms with Crippen LogP contribution in [-0.4, -0.2) is 23.6 Å². The number of carbonyl (C=O) groups is 3. The second kappa shape index (κ2) is 7.37. The highest BCUT2D eigenvalue weighted by Crippen LogP contribution is 2.05. The van der Waals surface area contributed by atoms with Crippen LogP contribution in [0.1, 0.15) is 36.5 Å². The first-order valence-corrected chi connectivity index (χ1v) is 6.31. The summed E-state index contributed by atoms with van der Waals surface area (Å²) >= 11 is 0. The summed E-state index contributed by atoms with van der Waals surface area (Å²) in [5.41, 5.74) is 5.41. The summed E-state index contributed by atoms with van der Waals surface area (Å²) in [7, 11) is 0. The molecule has 0 aliphatic carbocycles. The van der Waals surface area contributed by atoms with Crippen LogP contribution in [0.4, 0.5) is 4.39 Å². The van der Waals surface area contributed by atoms with Gasteiger partial charge in [-0.15, -0.1) is 0 Å². The molecule has 0 unspecified atom stereocenters. The van der Waals surface area contributed by atoms with Crippen molar-refractivity contribution in [1.82, 2.24) is 5.32 Å². The number of hydrogen-bond acceptors (Lipinski definition) is 3. The number of hydrogen-bond donors (Lipinski definition) is 2. The Labute approximate surface area is 116 Å². The Hall–Kier alpha value is -2.24. The Kier molecular flexibility index (Phi) is 5.83. The molecule has 20 heavy (non-hydrogen) atoms. The van der Waals surface area contributed by atoms with Crippen molar-refractivity contribution in [3.63, 3.8) is 0 Å². The molecule has 0 saturated heterocycles. The standard InChI is InChI=1S/C14H17FN2O3/c1-2-11(18)7-8-12(13(16)19)17-14(20)9-3-5-10(15)6-4-9/h3-6,12H,2,7-8H2,1H3,(H2,16,19)(H,17,20)/t12-/m1/s1. The van der Waals surface area contributed by atoms with Gasteiger partial charge in [0.15, 0.2) is 0 Å². The zero-order valence-electron chi connectivity index (χ0n) is 11.2. The first kappa shape index (κ1) is 15.8. The molecule has 1 aromatic rings. The molecule has 0 spiro atoms. The highest BCUT2D eigenvalue weighted by Gasteiger charge is 2.19. The Morgan fingerprint density at radius 1 is 1.25 bits per heavy atom. The zero-order valence-corrected chi connectivity index (χ0v) is 11.2. The molecule has 2 amide bonds. The van der Waals surface area contributed by atoms with Crippen LogP contribution < -0.4 is 11.1 Å². The van der Waals surface area contributed by atoms with E-state index in [0.29, 0.717) is 6.42 Å².